The van der Waals surface area contributed by atoms with Gasteiger partial charge in [0.25, 0.3) is 5.91 Å². The summed E-state index contributed by atoms with van der Waals surface area (Å²) in [5.74, 6) is -0.122. The molecule has 1 aliphatic rings. The highest BCUT2D eigenvalue weighted by molar-refractivity contribution is 8.14. The van der Waals surface area contributed by atoms with Crippen molar-refractivity contribution in [2.75, 3.05) is 7.11 Å². The van der Waals surface area contributed by atoms with Crippen LogP contribution >= 0.6 is 11.8 Å². The van der Waals surface area contributed by atoms with Crippen molar-refractivity contribution >= 4 is 22.7 Å². The smallest absolute Gasteiger partial charge is 0.275 e. The summed E-state index contributed by atoms with van der Waals surface area (Å²) in [6, 6.07) is 17.1. The van der Waals surface area contributed by atoms with E-state index in [1.54, 1.807) is 43.6 Å². The maximum Gasteiger partial charge on any atom is 0.275 e. The minimum Gasteiger partial charge on any atom is -0.481 e. The van der Waals surface area contributed by atoms with Gasteiger partial charge in [0.2, 0.25) is 5.88 Å². The van der Waals surface area contributed by atoms with E-state index in [-0.39, 0.29) is 11.7 Å². The standard InChI is InChI=1S/C22H18FN3O2S/c1-14-5-7-16(8-6-14)21(27)26-22(18-4-3-13-24-19(18)28-2)29-20(25-26)15-9-11-17(23)12-10-15/h3-13,22H,1-2H3. The van der Waals surface area contributed by atoms with E-state index in [1.165, 1.54) is 28.9 Å². The molecule has 0 bridgehead atoms. The first-order valence-electron chi connectivity index (χ1n) is 8.97. The molecule has 1 unspecified atom stereocenters. The van der Waals surface area contributed by atoms with Gasteiger partial charge in [-0.1, -0.05) is 29.5 Å². The molecule has 5 nitrogen and oxygen atoms in total. The van der Waals surface area contributed by atoms with Crippen LogP contribution in [-0.4, -0.2) is 28.1 Å². The predicted molar refractivity (Wildman–Crippen MR) is 111 cm³/mol. The molecule has 0 fully saturated rings. The minimum atomic E-state index is -0.451. The van der Waals surface area contributed by atoms with Crippen LogP contribution in [0.2, 0.25) is 0 Å². The molecular weight excluding hydrogens is 389 g/mol. The number of carbonyl (C=O) groups is 1. The van der Waals surface area contributed by atoms with E-state index in [9.17, 15) is 9.18 Å². The predicted octanol–water partition coefficient (Wildman–Crippen LogP) is 4.79. The zero-order chi connectivity index (χ0) is 20.4. The molecular formula is C22H18FN3O2S. The molecule has 2 heterocycles. The van der Waals surface area contributed by atoms with Crippen LogP contribution in [0.4, 0.5) is 4.39 Å². The van der Waals surface area contributed by atoms with E-state index in [4.69, 9.17) is 4.74 Å². The number of amides is 1. The van der Waals surface area contributed by atoms with Gasteiger partial charge in [-0.25, -0.2) is 14.4 Å². The molecule has 2 aromatic carbocycles. The van der Waals surface area contributed by atoms with Gasteiger partial charge in [-0.15, -0.1) is 0 Å². The third-order valence-electron chi connectivity index (χ3n) is 4.50. The van der Waals surface area contributed by atoms with E-state index in [2.05, 4.69) is 10.1 Å². The van der Waals surface area contributed by atoms with Gasteiger partial charge in [0.1, 0.15) is 16.2 Å². The van der Waals surface area contributed by atoms with Crippen LogP contribution in [0, 0.1) is 12.7 Å². The van der Waals surface area contributed by atoms with E-state index in [0.717, 1.165) is 16.7 Å². The van der Waals surface area contributed by atoms with Gasteiger partial charge in [-0.3, -0.25) is 4.79 Å². The Morgan fingerprint density at radius 2 is 1.83 bits per heavy atom. The third-order valence-corrected chi connectivity index (χ3v) is 5.72. The Hall–Kier alpha value is -3.19. The molecule has 0 radical (unpaired) electrons. The van der Waals surface area contributed by atoms with Crippen molar-refractivity contribution in [1.82, 2.24) is 9.99 Å². The van der Waals surface area contributed by atoms with Gasteiger partial charge in [0.15, 0.2) is 0 Å². The molecule has 0 saturated carbocycles. The summed E-state index contributed by atoms with van der Waals surface area (Å²) in [6.45, 7) is 1.97. The van der Waals surface area contributed by atoms with Gasteiger partial charge < -0.3 is 4.74 Å². The number of hydrogen-bond donors (Lipinski definition) is 0. The number of thioether (sulfide) groups is 1. The van der Waals surface area contributed by atoms with Crippen LogP contribution in [0.1, 0.15) is 32.4 Å². The van der Waals surface area contributed by atoms with Gasteiger partial charge in [-0.05, 0) is 55.5 Å². The molecule has 1 atom stereocenters. The lowest BCUT2D eigenvalue weighted by Gasteiger charge is -2.22. The van der Waals surface area contributed by atoms with E-state index in [1.807, 2.05) is 25.1 Å². The molecule has 7 heteroatoms. The van der Waals surface area contributed by atoms with Crippen molar-refractivity contribution in [3.8, 4) is 5.88 Å². The number of methoxy groups -OCH3 is 1. The highest BCUT2D eigenvalue weighted by Gasteiger charge is 2.36. The third kappa shape index (κ3) is 3.86. The lowest BCUT2D eigenvalue weighted by molar-refractivity contribution is 0.0747. The van der Waals surface area contributed by atoms with Crippen LogP contribution in [0.5, 0.6) is 5.88 Å². The topological polar surface area (TPSA) is 54.8 Å². The monoisotopic (exact) mass is 407 g/mol. The Kier molecular flexibility index (Phi) is 5.31. The van der Waals surface area contributed by atoms with Crippen molar-refractivity contribution < 1.29 is 13.9 Å². The van der Waals surface area contributed by atoms with Gasteiger partial charge in [0, 0.05) is 22.9 Å². The highest BCUT2D eigenvalue weighted by Crippen LogP contribution is 2.44. The summed E-state index contributed by atoms with van der Waals surface area (Å²) in [6.07, 6.45) is 1.63. The Morgan fingerprint density at radius 3 is 2.52 bits per heavy atom. The first-order chi connectivity index (χ1) is 14.1. The van der Waals surface area contributed by atoms with Crippen LogP contribution in [0.15, 0.2) is 72.0 Å². The van der Waals surface area contributed by atoms with Gasteiger partial charge in [-0.2, -0.15) is 5.10 Å². The van der Waals surface area contributed by atoms with Gasteiger partial charge >= 0.3 is 0 Å². The second-order valence-corrected chi connectivity index (χ2v) is 7.57. The summed E-state index contributed by atoms with van der Waals surface area (Å²) < 4.78 is 18.7. The fraction of sp³-hybridized carbons (Fsp3) is 0.136. The number of aryl methyl sites for hydroxylation is 1. The number of halogens is 1. The fourth-order valence-electron chi connectivity index (χ4n) is 2.99. The van der Waals surface area contributed by atoms with Crippen molar-refractivity contribution in [1.29, 1.82) is 0 Å². The number of pyridine rings is 1. The first-order valence-corrected chi connectivity index (χ1v) is 9.85. The molecule has 1 amide bonds. The molecule has 4 rings (SSSR count). The summed E-state index contributed by atoms with van der Waals surface area (Å²) >= 11 is 1.40. The Bertz CT molecular complexity index is 1070. The number of aromatic nitrogens is 1. The normalized spacial score (nSPS) is 15.9. The molecule has 0 saturated heterocycles. The lowest BCUT2D eigenvalue weighted by Crippen LogP contribution is -2.26. The SMILES string of the molecule is COc1ncccc1C1SC(c2ccc(F)cc2)=NN1C(=O)c1ccc(C)cc1. The number of carbonyl (C=O) groups excluding carboxylic acids is 1. The molecule has 0 aliphatic carbocycles. The Labute approximate surface area is 172 Å². The number of hydrazone groups is 1. The number of hydrogen-bond acceptors (Lipinski definition) is 5. The average molecular weight is 407 g/mol. The second-order valence-electron chi connectivity index (χ2n) is 6.50. The van der Waals surface area contributed by atoms with E-state index in [0.29, 0.717) is 16.5 Å². The molecule has 3 aromatic rings. The van der Waals surface area contributed by atoms with Crippen molar-refractivity contribution in [3.63, 3.8) is 0 Å². The largest absolute Gasteiger partial charge is 0.481 e. The zero-order valence-electron chi connectivity index (χ0n) is 15.9. The molecule has 0 N–H and O–H groups in total. The van der Waals surface area contributed by atoms with Crippen LogP contribution in [0.3, 0.4) is 0 Å². The maximum absolute atomic E-state index is 13.3. The summed E-state index contributed by atoms with van der Waals surface area (Å²) in [5, 5.41) is 6.19. The quantitative estimate of drug-likeness (QED) is 0.624. The maximum atomic E-state index is 13.3. The van der Waals surface area contributed by atoms with Crippen molar-refractivity contribution in [2.24, 2.45) is 5.10 Å². The average Bonchev–Trinajstić information content (AvgIpc) is 3.19. The van der Waals surface area contributed by atoms with E-state index >= 15 is 0 Å². The summed E-state index contributed by atoms with van der Waals surface area (Å²) in [4.78, 5) is 17.5. The number of benzene rings is 2. The zero-order valence-corrected chi connectivity index (χ0v) is 16.7. The molecule has 146 valence electrons. The van der Waals surface area contributed by atoms with Crippen LogP contribution in [-0.2, 0) is 0 Å². The number of rotatable bonds is 4. The number of nitrogens with zero attached hydrogens (tertiary/aromatic N) is 3. The van der Waals surface area contributed by atoms with Gasteiger partial charge in [0.05, 0.1) is 7.11 Å². The summed E-state index contributed by atoms with van der Waals surface area (Å²) in [5.41, 5.74) is 3.08. The lowest BCUT2D eigenvalue weighted by atomic mass is 10.1. The molecule has 0 spiro atoms. The molecule has 29 heavy (non-hydrogen) atoms. The summed E-state index contributed by atoms with van der Waals surface area (Å²) in [7, 11) is 1.54. The molecule has 1 aromatic heterocycles. The second kappa shape index (κ2) is 8.05. The Balaban J connectivity index is 1.76. The highest BCUT2D eigenvalue weighted by atomic mass is 32.2. The van der Waals surface area contributed by atoms with Crippen LogP contribution < -0.4 is 4.74 Å². The van der Waals surface area contributed by atoms with Crippen molar-refractivity contribution in [3.05, 3.63) is 94.9 Å². The van der Waals surface area contributed by atoms with Crippen molar-refractivity contribution in [2.45, 2.75) is 12.3 Å². The Morgan fingerprint density at radius 1 is 1.10 bits per heavy atom. The van der Waals surface area contributed by atoms with Crippen LogP contribution in [0.25, 0.3) is 0 Å². The molecule has 1 aliphatic heterocycles. The first kappa shape index (κ1) is 19.1. The van der Waals surface area contributed by atoms with E-state index < -0.39 is 5.37 Å². The number of ether oxygens (including phenoxy) is 1. The minimum absolute atomic E-state index is 0.231. The fourth-order valence-corrected chi connectivity index (χ4v) is 4.15.